The Labute approximate surface area is 245 Å². The first-order valence-corrected chi connectivity index (χ1v) is 15.6. The maximum absolute atomic E-state index is 12.9. The predicted octanol–water partition coefficient (Wildman–Crippen LogP) is 4.85. The Morgan fingerprint density at radius 2 is 1.93 bits per heavy atom. The molecule has 0 radical (unpaired) electrons. The number of sulfone groups is 1. The summed E-state index contributed by atoms with van der Waals surface area (Å²) in [5.74, 6) is 0.448. The van der Waals surface area contributed by atoms with Crippen molar-refractivity contribution in [1.82, 2.24) is 14.9 Å². The Morgan fingerprint density at radius 1 is 1.20 bits per heavy atom. The summed E-state index contributed by atoms with van der Waals surface area (Å²) in [6.45, 7) is 14.0. The monoisotopic (exact) mass is 597 g/mol. The van der Waals surface area contributed by atoms with Gasteiger partial charge in [-0.05, 0) is 37.8 Å². The lowest BCUT2D eigenvalue weighted by Crippen LogP contribution is -2.57. The molecule has 1 fully saturated rings. The molecule has 10 nitrogen and oxygen atoms in total. The molecule has 1 amide bonds. The maximum atomic E-state index is 12.9. The van der Waals surface area contributed by atoms with Gasteiger partial charge in [-0.25, -0.2) is 29.8 Å². The number of aromatic nitrogens is 2. The predicted molar refractivity (Wildman–Crippen MR) is 156 cm³/mol. The SMILES string of the molecule is [C-]#[N+]C[C@H]1CN(c2nc(S(C)(=O)=O)nc3c2CO[C@H](c2cccc4cccc(Cl)c24)C3)CCN1C(=O)OC(C)(C)C. The van der Waals surface area contributed by atoms with E-state index < -0.39 is 27.6 Å². The fourth-order valence-corrected chi connectivity index (χ4v) is 6.14. The van der Waals surface area contributed by atoms with Gasteiger partial charge in [-0.1, -0.05) is 41.9 Å². The molecule has 2 aliphatic rings. The standard InChI is InChI=1S/C29H32ClN5O5S/c1-29(2,3)40-28(36)35-13-12-34(16-19(35)15-31-4)26-21-17-39-24(14-23(21)32-27(33-26)41(5,37)38)20-10-6-8-18-9-7-11-22(30)25(18)20/h6-11,19,24H,12-17H2,1-3,5H3/t19-,24-/m0/s1. The van der Waals surface area contributed by atoms with Crippen molar-refractivity contribution in [3.05, 3.63) is 69.7 Å². The first kappa shape index (κ1) is 29.0. The zero-order chi connectivity index (χ0) is 29.5. The number of carbonyl (C=O) groups excluding carboxylic acids is 1. The number of fused-ring (bicyclic) bond motifs is 2. The Hall–Kier alpha value is -3.46. The van der Waals surface area contributed by atoms with Gasteiger partial charge in [0.2, 0.25) is 21.5 Å². The van der Waals surface area contributed by atoms with Gasteiger partial charge in [0, 0.05) is 48.3 Å². The van der Waals surface area contributed by atoms with Crippen LogP contribution in [-0.2, 0) is 32.3 Å². The van der Waals surface area contributed by atoms with E-state index in [4.69, 9.17) is 27.6 Å². The molecule has 1 saturated heterocycles. The van der Waals surface area contributed by atoms with Crippen molar-refractivity contribution in [3.63, 3.8) is 0 Å². The molecule has 3 heterocycles. The van der Waals surface area contributed by atoms with Gasteiger partial charge < -0.3 is 19.2 Å². The number of rotatable bonds is 4. The van der Waals surface area contributed by atoms with Crippen LogP contribution >= 0.6 is 11.6 Å². The molecule has 0 aliphatic carbocycles. The smallest absolute Gasteiger partial charge is 0.410 e. The summed E-state index contributed by atoms with van der Waals surface area (Å²) in [6, 6.07) is 11.2. The minimum atomic E-state index is -3.73. The summed E-state index contributed by atoms with van der Waals surface area (Å²) in [5.41, 5.74) is 1.53. The quantitative estimate of drug-likeness (QED) is 0.310. The second-order valence-electron chi connectivity index (χ2n) is 11.3. The molecule has 0 spiro atoms. The number of halogens is 1. The van der Waals surface area contributed by atoms with Crippen molar-refractivity contribution in [1.29, 1.82) is 0 Å². The van der Waals surface area contributed by atoms with Crippen molar-refractivity contribution >= 4 is 44.1 Å². The molecule has 12 heteroatoms. The molecule has 216 valence electrons. The van der Waals surface area contributed by atoms with Crippen molar-refractivity contribution in [2.45, 2.75) is 56.7 Å². The normalized spacial score (nSPS) is 19.5. The Bertz CT molecular complexity index is 1640. The summed E-state index contributed by atoms with van der Waals surface area (Å²) in [4.78, 5) is 28.9. The average Bonchev–Trinajstić information content (AvgIpc) is 2.90. The van der Waals surface area contributed by atoms with Crippen LogP contribution in [-0.4, -0.2) is 73.5 Å². The van der Waals surface area contributed by atoms with Gasteiger partial charge in [0.1, 0.15) is 17.5 Å². The van der Waals surface area contributed by atoms with Crippen LogP contribution in [0.4, 0.5) is 10.6 Å². The Balaban J connectivity index is 1.50. The molecule has 0 saturated carbocycles. The second-order valence-corrected chi connectivity index (χ2v) is 13.6. The molecule has 0 unspecified atom stereocenters. The van der Waals surface area contributed by atoms with E-state index in [0.29, 0.717) is 41.6 Å². The van der Waals surface area contributed by atoms with Crippen molar-refractivity contribution in [2.75, 3.05) is 37.3 Å². The molecule has 2 aromatic carbocycles. The Morgan fingerprint density at radius 3 is 2.61 bits per heavy atom. The van der Waals surface area contributed by atoms with Gasteiger partial charge in [-0.15, -0.1) is 0 Å². The van der Waals surface area contributed by atoms with Gasteiger partial charge in [0.05, 0.1) is 18.4 Å². The Kier molecular flexibility index (Phi) is 7.85. The van der Waals surface area contributed by atoms with Crippen LogP contribution in [0.15, 0.2) is 41.6 Å². The first-order chi connectivity index (χ1) is 19.4. The topological polar surface area (TPSA) is 106 Å². The number of hydrogen-bond donors (Lipinski definition) is 0. The number of benzene rings is 2. The minimum Gasteiger partial charge on any atom is -0.444 e. The van der Waals surface area contributed by atoms with E-state index in [1.54, 1.807) is 25.7 Å². The van der Waals surface area contributed by atoms with E-state index in [1.807, 2.05) is 41.3 Å². The highest BCUT2D eigenvalue weighted by molar-refractivity contribution is 7.90. The van der Waals surface area contributed by atoms with Crippen molar-refractivity contribution < 1.29 is 22.7 Å². The van der Waals surface area contributed by atoms with Crippen molar-refractivity contribution in [3.8, 4) is 0 Å². The van der Waals surface area contributed by atoms with E-state index in [-0.39, 0.29) is 31.0 Å². The number of amides is 1. The van der Waals surface area contributed by atoms with E-state index >= 15 is 0 Å². The number of carbonyl (C=O) groups is 1. The van der Waals surface area contributed by atoms with Gasteiger partial charge in [-0.3, -0.25) is 4.90 Å². The van der Waals surface area contributed by atoms with Gasteiger partial charge in [-0.2, -0.15) is 0 Å². The number of nitrogens with zero attached hydrogens (tertiary/aromatic N) is 5. The summed E-state index contributed by atoms with van der Waals surface area (Å²) < 4.78 is 37.3. The van der Waals surface area contributed by atoms with Crippen LogP contribution in [0.1, 0.15) is 43.7 Å². The van der Waals surface area contributed by atoms with Crippen LogP contribution in [0, 0.1) is 6.57 Å². The maximum Gasteiger partial charge on any atom is 0.410 e. The molecular formula is C29H32ClN5O5S. The van der Waals surface area contributed by atoms with Crippen molar-refractivity contribution in [2.24, 2.45) is 0 Å². The zero-order valence-corrected chi connectivity index (χ0v) is 25.0. The molecule has 41 heavy (non-hydrogen) atoms. The van der Waals surface area contributed by atoms with Crippen LogP contribution < -0.4 is 4.90 Å². The first-order valence-electron chi connectivity index (χ1n) is 13.3. The summed E-state index contributed by atoms with van der Waals surface area (Å²) >= 11 is 6.58. The third kappa shape index (κ3) is 6.10. The lowest BCUT2D eigenvalue weighted by molar-refractivity contribution is 0.0151. The summed E-state index contributed by atoms with van der Waals surface area (Å²) in [5, 5.41) is 2.22. The number of ether oxygens (including phenoxy) is 2. The second kappa shape index (κ2) is 11.1. The lowest BCUT2D eigenvalue weighted by Gasteiger charge is -2.41. The lowest BCUT2D eigenvalue weighted by atomic mass is 9.94. The highest BCUT2D eigenvalue weighted by Gasteiger charge is 2.38. The molecule has 5 rings (SSSR count). The minimum absolute atomic E-state index is 0.0718. The third-order valence-corrected chi connectivity index (χ3v) is 8.30. The molecule has 0 bridgehead atoms. The fourth-order valence-electron chi connectivity index (χ4n) is 5.32. The number of anilines is 1. The summed E-state index contributed by atoms with van der Waals surface area (Å²) in [6.07, 6.45) is 0.552. The van der Waals surface area contributed by atoms with Crippen LogP contribution in [0.25, 0.3) is 15.6 Å². The van der Waals surface area contributed by atoms with E-state index in [0.717, 1.165) is 22.6 Å². The molecular weight excluding hydrogens is 566 g/mol. The number of hydrogen-bond acceptors (Lipinski definition) is 8. The summed E-state index contributed by atoms with van der Waals surface area (Å²) in [7, 11) is -3.73. The zero-order valence-electron chi connectivity index (χ0n) is 23.4. The molecule has 1 aromatic heterocycles. The molecule has 2 atom stereocenters. The molecule has 2 aliphatic heterocycles. The third-order valence-electron chi connectivity index (χ3n) is 7.13. The van der Waals surface area contributed by atoms with E-state index in [2.05, 4.69) is 14.8 Å². The largest absolute Gasteiger partial charge is 0.444 e. The molecule has 3 aromatic rings. The highest BCUT2D eigenvalue weighted by atomic mass is 35.5. The van der Waals surface area contributed by atoms with Gasteiger partial charge in [0.15, 0.2) is 0 Å². The number of piperazine rings is 1. The van der Waals surface area contributed by atoms with Gasteiger partial charge in [0.25, 0.3) is 0 Å². The van der Waals surface area contributed by atoms with Crippen LogP contribution in [0.2, 0.25) is 5.02 Å². The average molecular weight is 598 g/mol. The molecule has 0 N–H and O–H groups in total. The van der Waals surface area contributed by atoms with E-state index in [9.17, 15) is 13.2 Å². The fraction of sp³-hybridized carbons (Fsp3) is 0.448. The highest BCUT2D eigenvalue weighted by Crippen LogP contribution is 2.39. The van der Waals surface area contributed by atoms with Crippen LogP contribution in [0.3, 0.4) is 0 Å². The van der Waals surface area contributed by atoms with E-state index in [1.165, 1.54) is 0 Å². The van der Waals surface area contributed by atoms with Crippen LogP contribution in [0.5, 0.6) is 0 Å². The van der Waals surface area contributed by atoms with Gasteiger partial charge >= 0.3 is 6.09 Å².